The van der Waals surface area contributed by atoms with Gasteiger partial charge in [0.1, 0.15) is 6.61 Å². The molecule has 0 N–H and O–H groups in total. The van der Waals surface area contributed by atoms with Crippen molar-refractivity contribution in [2.24, 2.45) is 5.92 Å². The summed E-state index contributed by atoms with van der Waals surface area (Å²) in [7, 11) is 0. The molecule has 4 heteroatoms. The van der Waals surface area contributed by atoms with Gasteiger partial charge in [-0.05, 0) is 24.5 Å². The molecule has 144 valence electrons. The first-order valence-electron chi connectivity index (χ1n) is 9.50. The number of esters is 2. The highest BCUT2D eigenvalue weighted by Crippen LogP contribution is 2.26. The zero-order chi connectivity index (χ0) is 19.8. The van der Waals surface area contributed by atoms with Crippen LogP contribution in [-0.2, 0) is 25.7 Å². The lowest BCUT2D eigenvalue weighted by atomic mass is 9.94. The standard InChI is InChI=1S/C10H10O2.C5H8O2.3C2H6/c1-7-9-5-3-2-4-8(9)6-12-10(7)11;1-4-2-3-7-5(4)6;3*1-2/h2-5,7H,6H2,1H3;4H,2-3H2,1H3;3*1-2H3. The van der Waals surface area contributed by atoms with E-state index < -0.39 is 0 Å². The maximum absolute atomic E-state index is 11.1. The van der Waals surface area contributed by atoms with Crippen LogP contribution in [0.25, 0.3) is 0 Å². The van der Waals surface area contributed by atoms with Crippen LogP contribution in [0.1, 0.15) is 78.9 Å². The molecule has 0 radical (unpaired) electrons. The summed E-state index contributed by atoms with van der Waals surface area (Å²) in [6.07, 6.45) is 0.902. The lowest BCUT2D eigenvalue weighted by Crippen LogP contribution is -2.20. The second-order valence-corrected chi connectivity index (χ2v) is 4.89. The average molecular weight is 353 g/mol. The van der Waals surface area contributed by atoms with E-state index in [0.29, 0.717) is 13.2 Å². The van der Waals surface area contributed by atoms with Gasteiger partial charge in [-0.1, -0.05) is 72.7 Å². The second-order valence-electron chi connectivity index (χ2n) is 4.89. The number of ether oxygens (including phenoxy) is 2. The fourth-order valence-corrected chi connectivity index (χ4v) is 2.09. The molecule has 0 spiro atoms. The third-order valence-corrected chi connectivity index (χ3v) is 3.44. The Kier molecular flexibility index (Phi) is 15.9. The summed E-state index contributed by atoms with van der Waals surface area (Å²) in [6, 6.07) is 7.90. The van der Waals surface area contributed by atoms with Gasteiger partial charge in [0.2, 0.25) is 0 Å². The van der Waals surface area contributed by atoms with Crippen LogP contribution in [0.4, 0.5) is 0 Å². The van der Waals surface area contributed by atoms with Gasteiger partial charge in [-0.15, -0.1) is 0 Å². The number of benzene rings is 1. The summed E-state index contributed by atoms with van der Waals surface area (Å²) in [5.41, 5.74) is 2.23. The number of hydrogen-bond acceptors (Lipinski definition) is 4. The van der Waals surface area contributed by atoms with Gasteiger partial charge in [-0.25, -0.2) is 0 Å². The SMILES string of the molecule is CC.CC.CC.CC1C(=O)OCc2ccccc21.CC1CCOC1=O. The van der Waals surface area contributed by atoms with Crippen molar-refractivity contribution in [2.45, 2.75) is 74.3 Å². The Balaban J connectivity index is 0. The van der Waals surface area contributed by atoms with Crippen LogP contribution >= 0.6 is 0 Å². The molecule has 1 saturated heterocycles. The lowest BCUT2D eigenvalue weighted by molar-refractivity contribution is -0.147. The van der Waals surface area contributed by atoms with Gasteiger partial charge in [0.05, 0.1) is 18.4 Å². The minimum Gasteiger partial charge on any atom is -0.465 e. The number of cyclic esters (lactones) is 2. The van der Waals surface area contributed by atoms with E-state index in [2.05, 4.69) is 4.74 Å². The van der Waals surface area contributed by atoms with Crippen LogP contribution in [0.15, 0.2) is 24.3 Å². The van der Waals surface area contributed by atoms with Crippen LogP contribution in [0, 0.1) is 5.92 Å². The van der Waals surface area contributed by atoms with E-state index in [-0.39, 0.29) is 23.8 Å². The molecule has 0 saturated carbocycles. The van der Waals surface area contributed by atoms with Gasteiger partial charge in [-0.3, -0.25) is 9.59 Å². The van der Waals surface area contributed by atoms with Crippen molar-refractivity contribution < 1.29 is 19.1 Å². The average Bonchev–Trinajstić information content (AvgIpc) is 3.07. The maximum Gasteiger partial charge on any atom is 0.313 e. The van der Waals surface area contributed by atoms with Gasteiger partial charge >= 0.3 is 11.9 Å². The topological polar surface area (TPSA) is 52.6 Å². The van der Waals surface area contributed by atoms with E-state index in [4.69, 9.17) is 4.74 Å². The molecule has 2 unspecified atom stereocenters. The Morgan fingerprint density at radius 1 is 0.840 bits per heavy atom. The summed E-state index contributed by atoms with van der Waals surface area (Å²) >= 11 is 0. The fourth-order valence-electron chi connectivity index (χ4n) is 2.09. The summed E-state index contributed by atoms with van der Waals surface area (Å²) in [6.45, 7) is 16.8. The second kappa shape index (κ2) is 15.7. The number of hydrogen-bond donors (Lipinski definition) is 0. The fraction of sp³-hybridized carbons (Fsp3) is 0.619. The molecule has 0 amide bonds. The normalized spacial score (nSPS) is 19.5. The Bertz CT molecular complexity index is 483. The molecule has 2 aliphatic heterocycles. The number of fused-ring (bicyclic) bond motifs is 1. The van der Waals surface area contributed by atoms with Crippen molar-refractivity contribution in [3.05, 3.63) is 35.4 Å². The number of carbonyl (C=O) groups is 2. The molecular weight excluding hydrogens is 316 g/mol. The zero-order valence-electron chi connectivity index (χ0n) is 17.2. The molecule has 4 nitrogen and oxygen atoms in total. The molecule has 1 aromatic carbocycles. The van der Waals surface area contributed by atoms with Crippen molar-refractivity contribution in [1.29, 1.82) is 0 Å². The monoisotopic (exact) mass is 352 g/mol. The Hall–Kier alpha value is -1.84. The highest BCUT2D eigenvalue weighted by atomic mass is 16.5. The Morgan fingerprint density at radius 2 is 1.40 bits per heavy atom. The van der Waals surface area contributed by atoms with E-state index in [1.807, 2.05) is 79.7 Å². The molecular formula is C21H36O4. The predicted octanol–water partition coefficient (Wildman–Crippen LogP) is 5.49. The number of carbonyl (C=O) groups excluding carboxylic acids is 2. The first-order chi connectivity index (χ1) is 12.1. The summed E-state index contributed by atoms with van der Waals surface area (Å²) in [5.74, 6) is -0.108. The molecule has 2 heterocycles. The number of rotatable bonds is 0. The maximum atomic E-state index is 11.1. The van der Waals surface area contributed by atoms with Gasteiger partial charge < -0.3 is 9.47 Å². The van der Waals surface area contributed by atoms with Crippen LogP contribution in [0.3, 0.4) is 0 Å². The summed E-state index contributed by atoms with van der Waals surface area (Å²) < 4.78 is 9.60. The van der Waals surface area contributed by atoms with Gasteiger partial charge in [0, 0.05) is 0 Å². The van der Waals surface area contributed by atoms with Crippen LogP contribution in [0.2, 0.25) is 0 Å². The molecule has 1 fully saturated rings. The summed E-state index contributed by atoms with van der Waals surface area (Å²) in [4.78, 5) is 21.5. The van der Waals surface area contributed by atoms with Crippen molar-refractivity contribution in [1.82, 2.24) is 0 Å². The third-order valence-electron chi connectivity index (χ3n) is 3.44. The van der Waals surface area contributed by atoms with E-state index >= 15 is 0 Å². The Labute approximate surface area is 153 Å². The molecule has 2 atom stereocenters. The molecule has 0 aromatic heterocycles. The third kappa shape index (κ3) is 8.71. The van der Waals surface area contributed by atoms with Crippen molar-refractivity contribution in [2.75, 3.05) is 6.61 Å². The minimum absolute atomic E-state index is 0.0417. The lowest BCUT2D eigenvalue weighted by Gasteiger charge is -2.20. The van der Waals surface area contributed by atoms with Crippen LogP contribution in [-0.4, -0.2) is 18.5 Å². The Morgan fingerprint density at radius 3 is 1.84 bits per heavy atom. The molecule has 3 rings (SSSR count). The first kappa shape index (κ1) is 25.4. The molecule has 0 bridgehead atoms. The predicted molar refractivity (Wildman–Crippen MR) is 103 cm³/mol. The molecule has 1 aromatic rings. The van der Waals surface area contributed by atoms with Crippen molar-refractivity contribution in [3.63, 3.8) is 0 Å². The molecule has 25 heavy (non-hydrogen) atoms. The van der Waals surface area contributed by atoms with E-state index in [1.165, 1.54) is 0 Å². The van der Waals surface area contributed by atoms with E-state index in [1.54, 1.807) is 0 Å². The highest BCUT2D eigenvalue weighted by Gasteiger charge is 2.24. The summed E-state index contributed by atoms with van der Waals surface area (Å²) in [5, 5.41) is 0. The van der Waals surface area contributed by atoms with E-state index in [9.17, 15) is 9.59 Å². The van der Waals surface area contributed by atoms with Crippen molar-refractivity contribution >= 4 is 11.9 Å². The first-order valence-corrected chi connectivity index (χ1v) is 9.50. The van der Waals surface area contributed by atoms with Crippen molar-refractivity contribution in [3.8, 4) is 0 Å². The largest absolute Gasteiger partial charge is 0.465 e. The molecule has 0 aliphatic carbocycles. The smallest absolute Gasteiger partial charge is 0.313 e. The quantitative estimate of drug-likeness (QED) is 0.579. The zero-order valence-corrected chi connectivity index (χ0v) is 17.2. The van der Waals surface area contributed by atoms with E-state index in [0.717, 1.165) is 17.5 Å². The molecule has 2 aliphatic rings. The van der Waals surface area contributed by atoms with Gasteiger partial charge in [-0.2, -0.15) is 0 Å². The van der Waals surface area contributed by atoms with Gasteiger partial charge in [0.25, 0.3) is 0 Å². The van der Waals surface area contributed by atoms with Crippen LogP contribution in [0.5, 0.6) is 0 Å². The van der Waals surface area contributed by atoms with Crippen LogP contribution < -0.4 is 0 Å². The minimum atomic E-state index is -0.117. The highest BCUT2D eigenvalue weighted by molar-refractivity contribution is 5.79. The van der Waals surface area contributed by atoms with Gasteiger partial charge in [0.15, 0.2) is 0 Å².